The molecule has 5 rings (SSSR count). The summed E-state index contributed by atoms with van der Waals surface area (Å²) in [5.74, 6) is 0.0774. The minimum atomic E-state index is -0.905. The highest BCUT2D eigenvalue weighted by atomic mass is 16.3. The average Bonchev–Trinajstić information content (AvgIpc) is 3.44. The van der Waals surface area contributed by atoms with Gasteiger partial charge in [0.25, 0.3) is 0 Å². The monoisotopic (exact) mass is 387 g/mol. The van der Waals surface area contributed by atoms with Gasteiger partial charge < -0.3 is 10.0 Å². The van der Waals surface area contributed by atoms with Crippen LogP contribution >= 0.6 is 0 Å². The van der Waals surface area contributed by atoms with Gasteiger partial charge in [-0.1, -0.05) is 13.0 Å². The fourth-order valence-corrected chi connectivity index (χ4v) is 4.56. The number of carbonyl (C=O) groups excluding carboxylic acids is 1. The van der Waals surface area contributed by atoms with E-state index in [-0.39, 0.29) is 24.3 Å². The van der Waals surface area contributed by atoms with Crippen LogP contribution < -0.4 is 4.90 Å². The van der Waals surface area contributed by atoms with Crippen LogP contribution in [0.2, 0.25) is 0 Å². The lowest BCUT2D eigenvalue weighted by atomic mass is 9.75. The molecule has 7 heteroatoms. The molecule has 29 heavy (non-hydrogen) atoms. The van der Waals surface area contributed by atoms with Crippen LogP contribution in [0.5, 0.6) is 0 Å². The first-order chi connectivity index (χ1) is 14.1. The van der Waals surface area contributed by atoms with Crippen molar-refractivity contribution in [3.05, 3.63) is 48.4 Å². The van der Waals surface area contributed by atoms with E-state index in [9.17, 15) is 15.2 Å². The molecule has 2 aliphatic rings. The Hall–Kier alpha value is -3.24. The molecule has 1 aliphatic carbocycles. The summed E-state index contributed by atoms with van der Waals surface area (Å²) in [7, 11) is 0. The highest BCUT2D eigenvalue weighted by molar-refractivity contribution is 6.05. The summed E-state index contributed by atoms with van der Waals surface area (Å²) in [5, 5.41) is 23.5. The van der Waals surface area contributed by atoms with Gasteiger partial charge in [-0.05, 0) is 42.5 Å². The van der Waals surface area contributed by atoms with E-state index in [2.05, 4.69) is 16.2 Å². The minimum absolute atomic E-state index is 0.0113. The summed E-state index contributed by atoms with van der Waals surface area (Å²) in [4.78, 5) is 19.6. The van der Waals surface area contributed by atoms with Crippen molar-refractivity contribution >= 4 is 17.1 Å². The summed E-state index contributed by atoms with van der Waals surface area (Å²) in [6.07, 6.45) is 7.11. The molecule has 3 aromatic heterocycles. The molecular weight excluding hydrogens is 366 g/mol. The van der Waals surface area contributed by atoms with Crippen LogP contribution in [0.3, 0.4) is 0 Å². The van der Waals surface area contributed by atoms with E-state index in [1.807, 2.05) is 37.4 Å². The molecule has 1 saturated carbocycles. The average molecular weight is 387 g/mol. The molecule has 0 unspecified atom stereocenters. The SMILES string of the molecule is C[C@@H]1CN(c2ccnn3cc(-c4ccc(CO)cn4)cc23)C(=O)[C@]1(C#N)C1CC1. The summed E-state index contributed by atoms with van der Waals surface area (Å²) in [6.45, 7) is 2.49. The molecule has 4 heterocycles. The number of aliphatic hydroxyl groups excluding tert-OH is 1. The summed E-state index contributed by atoms with van der Waals surface area (Å²) >= 11 is 0. The van der Waals surface area contributed by atoms with E-state index in [0.717, 1.165) is 40.9 Å². The smallest absolute Gasteiger partial charge is 0.248 e. The lowest BCUT2D eigenvalue weighted by Crippen LogP contribution is -2.37. The van der Waals surface area contributed by atoms with Gasteiger partial charge in [-0.2, -0.15) is 10.4 Å². The van der Waals surface area contributed by atoms with E-state index in [0.29, 0.717) is 6.54 Å². The Kier molecular flexibility index (Phi) is 3.93. The van der Waals surface area contributed by atoms with E-state index >= 15 is 0 Å². The van der Waals surface area contributed by atoms with Gasteiger partial charge in [0, 0.05) is 36.6 Å². The highest BCUT2D eigenvalue weighted by Gasteiger charge is 2.61. The number of anilines is 1. The molecule has 1 aliphatic heterocycles. The molecule has 1 saturated heterocycles. The van der Waals surface area contributed by atoms with Crippen molar-refractivity contribution in [2.75, 3.05) is 11.4 Å². The molecule has 146 valence electrons. The molecule has 0 aromatic carbocycles. The first-order valence-corrected chi connectivity index (χ1v) is 9.85. The van der Waals surface area contributed by atoms with Crippen LogP contribution in [0, 0.1) is 28.6 Å². The van der Waals surface area contributed by atoms with Crippen molar-refractivity contribution in [2.24, 2.45) is 17.3 Å². The van der Waals surface area contributed by atoms with Crippen LogP contribution in [-0.4, -0.2) is 32.2 Å². The molecule has 7 nitrogen and oxygen atoms in total. The summed E-state index contributed by atoms with van der Waals surface area (Å²) < 4.78 is 1.74. The van der Waals surface area contributed by atoms with Gasteiger partial charge in [0.15, 0.2) is 0 Å². The van der Waals surface area contributed by atoms with Gasteiger partial charge in [-0.25, -0.2) is 4.52 Å². The number of nitrogens with zero attached hydrogens (tertiary/aromatic N) is 5. The largest absolute Gasteiger partial charge is 0.392 e. The van der Waals surface area contributed by atoms with Gasteiger partial charge in [-0.15, -0.1) is 0 Å². The van der Waals surface area contributed by atoms with E-state index in [1.54, 1.807) is 21.8 Å². The Bertz CT molecular complexity index is 1140. The lowest BCUT2D eigenvalue weighted by molar-refractivity contribution is -0.124. The quantitative estimate of drug-likeness (QED) is 0.743. The van der Waals surface area contributed by atoms with Gasteiger partial charge in [0.1, 0.15) is 5.41 Å². The zero-order valence-electron chi connectivity index (χ0n) is 16.1. The number of aromatic nitrogens is 3. The number of hydrogen-bond acceptors (Lipinski definition) is 5. The number of rotatable bonds is 4. The Morgan fingerprint density at radius 3 is 2.83 bits per heavy atom. The second-order valence-corrected chi connectivity index (χ2v) is 8.06. The fraction of sp³-hybridized carbons (Fsp3) is 0.364. The Balaban J connectivity index is 1.57. The molecule has 2 atom stereocenters. The van der Waals surface area contributed by atoms with Crippen molar-refractivity contribution in [1.82, 2.24) is 14.6 Å². The third-order valence-electron chi connectivity index (χ3n) is 6.32. The molecule has 2 fully saturated rings. The maximum absolute atomic E-state index is 13.4. The molecule has 3 aromatic rings. The number of pyridine rings is 1. The first-order valence-electron chi connectivity index (χ1n) is 9.85. The number of fused-ring (bicyclic) bond motifs is 1. The molecule has 0 bridgehead atoms. The standard InChI is InChI=1S/C22H21N5O2/c1-14-10-26(21(29)22(14,13-23)17-3-4-17)19-6-7-25-27-11-16(8-20(19)27)18-5-2-15(12-28)9-24-18/h2,5-9,11,14,17,28H,3-4,10,12H2,1H3/t14-,22+/m1/s1. The predicted molar refractivity (Wildman–Crippen MR) is 107 cm³/mol. The Morgan fingerprint density at radius 1 is 1.34 bits per heavy atom. The van der Waals surface area contributed by atoms with Crippen molar-refractivity contribution in [3.63, 3.8) is 0 Å². The number of aliphatic hydroxyl groups is 1. The van der Waals surface area contributed by atoms with Gasteiger partial charge in [0.05, 0.1) is 29.6 Å². The third kappa shape index (κ3) is 2.56. The summed E-state index contributed by atoms with van der Waals surface area (Å²) in [6, 6.07) is 9.88. The number of hydrogen-bond donors (Lipinski definition) is 1. The zero-order chi connectivity index (χ0) is 20.2. The van der Waals surface area contributed by atoms with Crippen LogP contribution in [-0.2, 0) is 11.4 Å². The molecule has 1 amide bonds. The van der Waals surface area contributed by atoms with Crippen molar-refractivity contribution in [1.29, 1.82) is 5.26 Å². The second kappa shape index (κ2) is 6.39. The summed E-state index contributed by atoms with van der Waals surface area (Å²) in [5.41, 5.74) is 3.07. The van der Waals surface area contributed by atoms with Crippen molar-refractivity contribution in [2.45, 2.75) is 26.4 Å². The van der Waals surface area contributed by atoms with Crippen LogP contribution in [0.15, 0.2) is 42.9 Å². The topological polar surface area (TPSA) is 94.5 Å². The minimum Gasteiger partial charge on any atom is -0.392 e. The van der Waals surface area contributed by atoms with Crippen LogP contribution in [0.4, 0.5) is 5.69 Å². The maximum atomic E-state index is 13.4. The number of amides is 1. The van der Waals surface area contributed by atoms with E-state index in [1.165, 1.54) is 0 Å². The van der Waals surface area contributed by atoms with Crippen LogP contribution in [0.1, 0.15) is 25.3 Å². The molecule has 0 spiro atoms. The lowest BCUT2D eigenvalue weighted by Gasteiger charge is -2.23. The number of carbonyl (C=O) groups is 1. The molecule has 1 N–H and O–H groups in total. The van der Waals surface area contributed by atoms with E-state index in [4.69, 9.17) is 0 Å². The molecular formula is C22H21N5O2. The van der Waals surface area contributed by atoms with Crippen molar-refractivity contribution < 1.29 is 9.90 Å². The van der Waals surface area contributed by atoms with E-state index < -0.39 is 5.41 Å². The van der Waals surface area contributed by atoms with Crippen molar-refractivity contribution in [3.8, 4) is 17.3 Å². The number of nitriles is 1. The normalized spacial score (nSPS) is 24.2. The van der Waals surface area contributed by atoms with Crippen LogP contribution in [0.25, 0.3) is 16.8 Å². The zero-order valence-corrected chi connectivity index (χ0v) is 16.1. The fourth-order valence-electron chi connectivity index (χ4n) is 4.56. The van der Waals surface area contributed by atoms with Gasteiger partial charge in [-0.3, -0.25) is 9.78 Å². The van der Waals surface area contributed by atoms with Gasteiger partial charge in [0.2, 0.25) is 5.91 Å². The predicted octanol–water partition coefficient (Wildman–Crippen LogP) is 2.79. The van der Waals surface area contributed by atoms with Gasteiger partial charge >= 0.3 is 0 Å². The molecule has 0 radical (unpaired) electrons. The third-order valence-corrected chi connectivity index (χ3v) is 6.32. The first kappa shape index (κ1) is 17.8. The second-order valence-electron chi connectivity index (χ2n) is 8.06. The highest BCUT2D eigenvalue weighted by Crippen LogP contribution is 2.54. The Morgan fingerprint density at radius 2 is 2.17 bits per heavy atom. The maximum Gasteiger partial charge on any atom is 0.248 e. The Labute approximate surface area is 168 Å².